The minimum Gasteiger partial charge on any atom is -0.409 e. The second-order valence-electron chi connectivity index (χ2n) is 4.61. The SMILES string of the molecule is CCN(c1ccc(F)cc1)c1c(C(N)=NO)c(C)nn1C. The Morgan fingerprint density at radius 2 is 2.05 bits per heavy atom. The second kappa shape index (κ2) is 5.82. The molecule has 1 aromatic carbocycles. The summed E-state index contributed by atoms with van der Waals surface area (Å²) >= 11 is 0. The van der Waals surface area contributed by atoms with Crippen molar-refractivity contribution in [3.05, 3.63) is 41.3 Å². The van der Waals surface area contributed by atoms with Crippen LogP contribution in [0.5, 0.6) is 0 Å². The molecule has 0 radical (unpaired) electrons. The van der Waals surface area contributed by atoms with Gasteiger partial charge >= 0.3 is 0 Å². The van der Waals surface area contributed by atoms with Crippen LogP contribution in [-0.2, 0) is 7.05 Å². The van der Waals surface area contributed by atoms with Crippen LogP contribution in [0.4, 0.5) is 15.9 Å². The van der Waals surface area contributed by atoms with Crippen molar-refractivity contribution in [1.82, 2.24) is 9.78 Å². The Morgan fingerprint density at radius 3 is 2.57 bits per heavy atom. The van der Waals surface area contributed by atoms with Gasteiger partial charge in [-0.3, -0.25) is 4.68 Å². The van der Waals surface area contributed by atoms with Crippen molar-refractivity contribution in [1.29, 1.82) is 0 Å². The summed E-state index contributed by atoms with van der Waals surface area (Å²) in [6, 6.07) is 6.14. The van der Waals surface area contributed by atoms with Crippen molar-refractivity contribution in [2.45, 2.75) is 13.8 Å². The lowest BCUT2D eigenvalue weighted by molar-refractivity contribution is 0.318. The Hall–Kier alpha value is -2.57. The number of hydrogen-bond acceptors (Lipinski definition) is 4. The number of benzene rings is 1. The van der Waals surface area contributed by atoms with E-state index in [1.54, 1.807) is 30.8 Å². The van der Waals surface area contributed by atoms with Crippen molar-refractivity contribution in [3.63, 3.8) is 0 Å². The Kier molecular flexibility index (Phi) is 4.11. The van der Waals surface area contributed by atoms with Gasteiger partial charge in [0.15, 0.2) is 5.84 Å². The van der Waals surface area contributed by atoms with Gasteiger partial charge in [-0.05, 0) is 38.1 Å². The predicted octanol–water partition coefficient (Wildman–Crippen LogP) is 2.12. The van der Waals surface area contributed by atoms with Crippen LogP contribution < -0.4 is 10.6 Å². The predicted molar refractivity (Wildman–Crippen MR) is 79.5 cm³/mol. The Morgan fingerprint density at radius 1 is 1.43 bits per heavy atom. The maximum atomic E-state index is 13.1. The van der Waals surface area contributed by atoms with Gasteiger partial charge in [0.25, 0.3) is 0 Å². The molecule has 112 valence electrons. The average Bonchev–Trinajstić information content (AvgIpc) is 2.76. The van der Waals surface area contributed by atoms with Crippen LogP contribution in [0.1, 0.15) is 18.2 Å². The van der Waals surface area contributed by atoms with E-state index in [2.05, 4.69) is 10.3 Å². The minimum absolute atomic E-state index is 0.00355. The molecule has 0 aliphatic rings. The molecule has 0 unspecified atom stereocenters. The van der Waals surface area contributed by atoms with Crippen LogP contribution in [0.25, 0.3) is 0 Å². The van der Waals surface area contributed by atoms with E-state index in [0.717, 1.165) is 5.69 Å². The molecule has 0 aliphatic carbocycles. The first-order valence-electron chi connectivity index (χ1n) is 6.54. The number of rotatable bonds is 4. The summed E-state index contributed by atoms with van der Waals surface area (Å²) in [4.78, 5) is 1.92. The van der Waals surface area contributed by atoms with Crippen LogP contribution in [0, 0.1) is 12.7 Å². The Labute approximate surface area is 122 Å². The molecule has 0 saturated heterocycles. The van der Waals surface area contributed by atoms with Gasteiger partial charge in [0.05, 0.1) is 11.3 Å². The van der Waals surface area contributed by atoms with Gasteiger partial charge in [0.1, 0.15) is 11.6 Å². The van der Waals surface area contributed by atoms with Gasteiger partial charge < -0.3 is 15.8 Å². The summed E-state index contributed by atoms with van der Waals surface area (Å²) in [5.74, 6) is 0.390. The molecule has 2 rings (SSSR count). The highest BCUT2D eigenvalue weighted by atomic mass is 19.1. The van der Waals surface area contributed by atoms with Gasteiger partial charge in [-0.1, -0.05) is 5.16 Å². The molecular weight excluding hydrogens is 273 g/mol. The zero-order chi connectivity index (χ0) is 15.6. The van der Waals surface area contributed by atoms with Crippen LogP contribution >= 0.6 is 0 Å². The van der Waals surface area contributed by atoms with E-state index in [4.69, 9.17) is 10.9 Å². The van der Waals surface area contributed by atoms with Crippen LogP contribution in [0.3, 0.4) is 0 Å². The van der Waals surface area contributed by atoms with Crippen LogP contribution in [-0.4, -0.2) is 27.4 Å². The van der Waals surface area contributed by atoms with Crippen molar-refractivity contribution >= 4 is 17.3 Å². The molecule has 2 aromatic rings. The fourth-order valence-corrected chi connectivity index (χ4v) is 2.38. The highest BCUT2D eigenvalue weighted by molar-refractivity contribution is 6.03. The lowest BCUT2D eigenvalue weighted by atomic mass is 10.2. The first-order chi connectivity index (χ1) is 9.99. The number of anilines is 2. The number of nitrogens with zero attached hydrogens (tertiary/aromatic N) is 4. The van der Waals surface area contributed by atoms with Crippen molar-refractivity contribution in [2.75, 3.05) is 11.4 Å². The second-order valence-corrected chi connectivity index (χ2v) is 4.61. The molecule has 0 aliphatic heterocycles. The highest BCUT2D eigenvalue weighted by Crippen LogP contribution is 2.29. The van der Waals surface area contributed by atoms with E-state index in [1.165, 1.54) is 12.1 Å². The Bertz CT molecular complexity index is 663. The monoisotopic (exact) mass is 291 g/mol. The summed E-state index contributed by atoms with van der Waals surface area (Å²) in [6.07, 6.45) is 0. The van der Waals surface area contributed by atoms with E-state index in [0.29, 0.717) is 23.6 Å². The van der Waals surface area contributed by atoms with Gasteiger partial charge in [-0.25, -0.2) is 4.39 Å². The molecule has 3 N–H and O–H groups in total. The van der Waals surface area contributed by atoms with Gasteiger partial charge in [-0.2, -0.15) is 5.10 Å². The standard InChI is InChI=1S/C14H18FN5O/c1-4-20(11-7-5-10(15)6-8-11)14-12(13(16)18-21)9(2)17-19(14)3/h5-8,21H,4H2,1-3H3,(H2,16,18). The van der Waals surface area contributed by atoms with E-state index in [-0.39, 0.29) is 11.7 Å². The van der Waals surface area contributed by atoms with Crippen LogP contribution in [0.2, 0.25) is 0 Å². The van der Waals surface area contributed by atoms with E-state index < -0.39 is 0 Å². The molecular formula is C14H18FN5O. The van der Waals surface area contributed by atoms with Gasteiger partial charge in [-0.15, -0.1) is 0 Å². The molecule has 0 bridgehead atoms. The number of aryl methyl sites for hydroxylation is 2. The fraction of sp³-hybridized carbons (Fsp3) is 0.286. The lowest BCUT2D eigenvalue weighted by Crippen LogP contribution is -2.24. The molecule has 1 heterocycles. The number of hydrogen-bond donors (Lipinski definition) is 2. The number of amidine groups is 1. The molecule has 21 heavy (non-hydrogen) atoms. The van der Waals surface area contributed by atoms with Crippen molar-refractivity contribution in [3.8, 4) is 0 Å². The van der Waals surface area contributed by atoms with Gasteiger partial charge in [0.2, 0.25) is 0 Å². The topological polar surface area (TPSA) is 79.7 Å². The summed E-state index contributed by atoms with van der Waals surface area (Å²) in [5.41, 5.74) is 7.78. The van der Waals surface area contributed by atoms with Crippen molar-refractivity contribution < 1.29 is 9.60 Å². The number of oxime groups is 1. The zero-order valence-electron chi connectivity index (χ0n) is 12.2. The third-order valence-electron chi connectivity index (χ3n) is 3.27. The third kappa shape index (κ3) is 2.67. The van der Waals surface area contributed by atoms with E-state index in [1.807, 2.05) is 11.8 Å². The maximum absolute atomic E-state index is 13.1. The van der Waals surface area contributed by atoms with Crippen LogP contribution in [0.15, 0.2) is 29.4 Å². The first kappa shape index (κ1) is 14.8. The van der Waals surface area contributed by atoms with Gasteiger partial charge in [0, 0.05) is 19.3 Å². The zero-order valence-corrected chi connectivity index (χ0v) is 12.2. The smallest absolute Gasteiger partial charge is 0.175 e. The first-order valence-corrected chi connectivity index (χ1v) is 6.54. The molecule has 0 spiro atoms. The molecule has 0 fully saturated rings. The summed E-state index contributed by atoms with van der Waals surface area (Å²) in [5, 5.41) is 16.4. The normalized spacial score (nSPS) is 11.7. The fourth-order valence-electron chi connectivity index (χ4n) is 2.38. The highest BCUT2D eigenvalue weighted by Gasteiger charge is 2.22. The number of aromatic nitrogens is 2. The molecule has 1 aromatic heterocycles. The van der Waals surface area contributed by atoms with E-state index in [9.17, 15) is 4.39 Å². The minimum atomic E-state index is -0.298. The summed E-state index contributed by atoms with van der Waals surface area (Å²) < 4.78 is 14.8. The summed E-state index contributed by atoms with van der Waals surface area (Å²) in [6.45, 7) is 4.37. The number of halogens is 1. The molecule has 6 nitrogen and oxygen atoms in total. The molecule has 0 atom stereocenters. The maximum Gasteiger partial charge on any atom is 0.175 e. The molecule has 0 amide bonds. The molecule has 0 saturated carbocycles. The van der Waals surface area contributed by atoms with Crippen molar-refractivity contribution in [2.24, 2.45) is 17.9 Å². The Balaban J connectivity index is 2.60. The molecule has 7 heteroatoms. The third-order valence-corrected chi connectivity index (χ3v) is 3.27. The summed E-state index contributed by atoms with van der Waals surface area (Å²) in [7, 11) is 1.78. The van der Waals surface area contributed by atoms with E-state index >= 15 is 0 Å². The quantitative estimate of drug-likeness (QED) is 0.391. The average molecular weight is 291 g/mol. The number of nitrogens with two attached hydrogens (primary N) is 1. The largest absolute Gasteiger partial charge is 0.409 e. The lowest BCUT2D eigenvalue weighted by Gasteiger charge is -2.24.